The van der Waals surface area contributed by atoms with Crippen molar-refractivity contribution in [1.29, 1.82) is 0 Å². The van der Waals surface area contributed by atoms with Crippen LogP contribution in [0.25, 0.3) is 43.1 Å². The summed E-state index contributed by atoms with van der Waals surface area (Å²) in [5.41, 5.74) is 11.4. The van der Waals surface area contributed by atoms with Gasteiger partial charge in [0.2, 0.25) is 0 Å². The molecule has 0 amide bonds. The van der Waals surface area contributed by atoms with Crippen molar-refractivity contribution < 1.29 is 0 Å². The molecule has 0 bridgehead atoms. The highest BCUT2D eigenvalue weighted by Crippen LogP contribution is 2.33. The molecule has 0 N–H and O–H groups in total. The smallest absolute Gasteiger partial charge is 0.126 e. The van der Waals surface area contributed by atoms with E-state index >= 15 is 0 Å². The largest absolute Gasteiger partial charge is 0.140 e. The Morgan fingerprint density at radius 3 is 1.40 bits per heavy atom. The van der Waals surface area contributed by atoms with Crippen LogP contribution in [-0.4, -0.2) is 16.1 Å². The maximum atomic E-state index is 3.93. The molecule has 0 aliphatic heterocycles. The van der Waals surface area contributed by atoms with Crippen molar-refractivity contribution in [2.24, 2.45) is 0 Å². The lowest BCUT2D eigenvalue weighted by atomic mass is 9.95. The molecule has 2 heteroatoms. The predicted octanol–water partition coefficient (Wildman–Crippen LogP) is 11.9. The molecule has 0 saturated carbocycles. The van der Waals surface area contributed by atoms with E-state index in [1.165, 1.54) is 67.3 Å². The van der Waals surface area contributed by atoms with E-state index in [2.05, 4.69) is 151 Å². The third-order valence-corrected chi connectivity index (χ3v) is 21.1. The number of hydrogen-bond acceptors (Lipinski definition) is 0. The molecular formula is C40H46Si2. The summed E-state index contributed by atoms with van der Waals surface area (Å²) >= 11 is 0. The first-order chi connectivity index (χ1) is 20.2. The van der Waals surface area contributed by atoms with Crippen LogP contribution < -0.4 is 0 Å². The minimum atomic E-state index is -1.69. The van der Waals surface area contributed by atoms with Gasteiger partial charge in [-0.15, -0.1) is 11.1 Å². The molecule has 5 rings (SSSR count). The van der Waals surface area contributed by atoms with E-state index in [0.717, 1.165) is 11.1 Å². The Kier molecular flexibility index (Phi) is 8.71. The van der Waals surface area contributed by atoms with Gasteiger partial charge in [-0.2, -0.15) is 0 Å². The first-order valence-corrected chi connectivity index (χ1v) is 21.1. The van der Waals surface area contributed by atoms with Gasteiger partial charge < -0.3 is 0 Å². The molecule has 214 valence electrons. The molecule has 0 heterocycles. The molecule has 0 fully saturated rings. The van der Waals surface area contributed by atoms with Crippen LogP contribution in [0.3, 0.4) is 0 Å². The molecule has 0 atom stereocenters. The van der Waals surface area contributed by atoms with Crippen molar-refractivity contribution in [3.63, 3.8) is 0 Å². The molecule has 0 radical (unpaired) electrons. The monoisotopic (exact) mass is 582 g/mol. The van der Waals surface area contributed by atoms with Crippen LogP contribution in [0.15, 0.2) is 72.8 Å². The molecule has 0 aromatic heterocycles. The van der Waals surface area contributed by atoms with Crippen molar-refractivity contribution in [3.8, 4) is 22.9 Å². The van der Waals surface area contributed by atoms with E-state index in [9.17, 15) is 0 Å². The van der Waals surface area contributed by atoms with Crippen LogP contribution in [0.5, 0.6) is 0 Å². The van der Waals surface area contributed by atoms with Crippen LogP contribution in [0, 0.1) is 22.9 Å². The summed E-state index contributed by atoms with van der Waals surface area (Å²) < 4.78 is 0. The van der Waals surface area contributed by atoms with Gasteiger partial charge in [-0.1, -0.05) is 91.5 Å². The summed E-state index contributed by atoms with van der Waals surface area (Å²) in [6.07, 6.45) is 0. The Bertz CT molecular complexity index is 1890. The first-order valence-electron chi connectivity index (χ1n) is 16.1. The van der Waals surface area contributed by atoms with Crippen LogP contribution in [0.2, 0.25) is 35.3 Å². The van der Waals surface area contributed by atoms with Crippen LogP contribution >= 0.6 is 0 Å². The van der Waals surface area contributed by atoms with Crippen LogP contribution in [0.4, 0.5) is 0 Å². The zero-order valence-electron chi connectivity index (χ0n) is 26.9. The van der Waals surface area contributed by atoms with E-state index in [-0.39, 0.29) is 0 Å². The van der Waals surface area contributed by atoms with E-state index in [1.807, 2.05) is 0 Å². The molecule has 0 spiro atoms. The fraction of sp³-hybridized carbons (Fsp3) is 0.350. The highest BCUT2D eigenvalue weighted by atomic mass is 28.3. The second-order valence-electron chi connectivity index (χ2n) is 12.9. The van der Waals surface area contributed by atoms with Gasteiger partial charge >= 0.3 is 0 Å². The third-order valence-electron chi connectivity index (χ3n) is 10.4. The molecule has 0 nitrogen and oxygen atoms in total. The Balaban J connectivity index is 1.77. The van der Waals surface area contributed by atoms with Crippen molar-refractivity contribution in [3.05, 3.63) is 83.9 Å². The van der Waals surface area contributed by atoms with Gasteiger partial charge in [-0.05, 0) is 127 Å². The Hall–Kier alpha value is -3.31. The van der Waals surface area contributed by atoms with Crippen molar-refractivity contribution in [2.75, 3.05) is 0 Å². The minimum Gasteiger partial charge on any atom is -0.126 e. The lowest BCUT2D eigenvalue weighted by Crippen LogP contribution is -2.34. The topological polar surface area (TPSA) is 0 Å². The summed E-state index contributed by atoms with van der Waals surface area (Å²) in [5, 5.41) is 10.2. The normalized spacial score (nSPS) is 12.2. The third kappa shape index (κ3) is 5.56. The van der Waals surface area contributed by atoms with Gasteiger partial charge in [-0.25, -0.2) is 0 Å². The minimum absolute atomic E-state index is 0.642. The second kappa shape index (κ2) is 12.1. The standard InChI is InChI=1S/C40H46Si2/c1-9-41(10-2,29(5)6)19-17-31-21-34(18-20-42(11-3,12-4)30(7)8)40-28-38-26-36-24-33-16-14-13-15-32(33)23-35(36)25-37(38)27-39(40)22-31/h13-16,21-30H,9-12H2,1-8H3. The van der Waals surface area contributed by atoms with Crippen molar-refractivity contribution >= 4 is 59.2 Å². The fourth-order valence-corrected chi connectivity index (χ4v) is 13.2. The summed E-state index contributed by atoms with van der Waals surface area (Å²) in [6, 6.07) is 32.2. The average Bonchev–Trinajstić information content (AvgIpc) is 2.99. The quantitative estimate of drug-likeness (QED) is 0.106. The molecule has 0 saturated heterocycles. The number of rotatable bonds is 6. The lowest BCUT2D eigenvalue weighted by Gasteiger charge is -2.27. The van der Waals surface area contributed by atoms with Gasteiger partial charge in [0.05, 0.1) is 0 Å². The predicted molar refractivity (Wildman–Crippen MR) is 194 cm³/mol. The molecule has 42 heavy (non-hydrogen) atoms. The first kappa shape index (κ1) is 30.2. The Morgan fingerprint density at radius 2 is 0.929 bits per heavy atom. The van der Waals surface area contributed by atoms with Crippen molar-refractivity contribution in [1.82, 2.24) is 0 Å². The van der Waals surface area contributed by atoms with Gasteiger partial charge in [-0.3, -0.25) is 0 Å². The SMILES string of the molecule is CC[Si](C#Cc1cc(C#C[Si](CC)(CC)C(C)C)c2cc3cc4cc5ccccc5cc4cc3cc2c1)(CC)C(C)C. The van der Waals surface area contributed by atoms with E-state index in [1.54, 1.807) is 0 Å². The highest BCUT2D eigenvalue weighted by Gasteiger charge is 2.32. The molecule has 5 aromatic rings. The molecule has 0 aliphatic carbocycles. The van der Waals surface area contributed by atoms with E-state index in [4.69, 9.17) is 0 Å². The summed E-state index contributed by atoms with van der Waals surface area (Å²) in [4.78, 5) is 0. The van der Waals surface area contributed by atoms with E-state index in [0.29, 0.717) is 11.1 Å². The summed E-state index contributed by atoms with van der Waals surface area (Å²) in [6.45, 7) is 18.9. The van der Waals surface area contributed by atoms with Crippen LogP contribution in [0.1, 0.15) is 66.5 Å². The van der Waals surface area contributed by atoms with Gasteiger partial charge in [0.1, 0.15) is 16.1 Å². The van der Waals surface area contributed by atoms with E-state index < -0.39 is 16.1 Å². The maximum Gasteiger partial charge on any atom is 0.140 e. The van der Waals surface area contributed by atoms with Crippen molar-refractivity contribution in [2.45, 2.75) is 90.6 Å². The summed E-state index contributed by atoms with van der Waals surface area (Å²) in [7, 11) is -3.34. The zero-order chi connectivity index (χ0) is 30.1. The summed E-state index contributed by atoms with van der Waals surface area (Å²) in [5.74, 6) is 7.48. The average molecular weight is 583 g/mol. The molecule has 5 aromatic carbocycles. The lowest BCUT2D eigenvalue weighted by molar-refractivity contribution is 0.982. The zero-order valence-corrected chi connectivity index (χ0v) is 28.9. The number of benzene rings is 5. The highest BCUT2D eigenvalue weighted by molar-refractivity contribution is 6.88. The van der Waals surface area contributed by atoms with Gasteiger partial charge in [0.15, 0.2) is 0 Å². The second-order valence-corrected chi connectivity index (χ2v) is 23.1. The number of fused-ring (bicyclic) bond motifs is 4. The molecule has 0 unspecified atom stereocenters. The number of hydrogen-bond donors (Lipinski definition) is 0. The fourth-order valence-electron chi connectivity index (χ4n) is 6.90. The van der Waals surface area contributed by atoms with Crippen LogP contribution in [-0.2, 0) is 0 Å². The molecule has 0 aliphatic rings. The van der Waals surface area contributed by atoms with Gasteiger partial charge in [0.25, 0.3) is 0 Å². The Morgan fingerprint density at radius 1 is 0.500 bits per heavy atom. The Labute approximate surface area is 255 Å². The maximum absolute atomic E-state index is 3.93. The van der Waals surface area contributed by atoms with Gasteiger partial charge in [0, 0.05) is 11.1 Å². The molecular weight excluding hydrogens is 537 g/mol.